The summed E-state index contributed by atoms with van der Waals surface area (Å²) in [5, 5.41) is 0.344. The van der Waals surface area contributed by atoms with Gasteiger partial charge in [0.25, 0.3) is 5.56 Å². The van der Waals surface area contributed by atoms with Crippen LogP contribution in [0.3, 0.4) is 0 Å². The van der Waals surface area contributed by atoms with Gasteiger partial charge in [0.05, 0.1) is 12.5 Å². The summed E-state index contributed by atoms with van der Waals surface area (Å²) in [4.78, 5) is 30.7. The molecule has 0 saturated heterocycles. The first kappa shape index (κ1) is 8.49. The molecule has 0 fully saturated rings. The van der Waals surface area contributed by atoms with Gasteiger partial charge in [-0.1, -0.05) is 0 Å². The number of ether oxygens (including phenoxy) is 1. The summed E-state index contributed by atoms with van der Waals surface area (Å²) >= 11 is 0. The first-order chi connectivity index (χ1) is 6.72. The molecule has 14 heavy (non-hydrogen) atoms. The molecule has 72 valence electrons. The van der Waals surface area contributed by atoms with Crippen LogP contribution in [0.1, 0.15) is 0 Å². The van der Waals surface area contributed by atoms with Gasteiger partial charge in [-0.05, 0) is 6.07 Å². The van der Waals surface area contributed by atoms with E-state index in [1.54, 1.807) is 0 Å². The lowest BCUT2D eigenvalue weighted by Crippen LogP contribution is -2.22. The zero-order chi connectivity index (χ0) is 10.1. The highest BCUT2D eigenvalue weighted by Gasteiger charge is 2.06. The van der Waals surface area contributed by atoms with E-state index >= 15 is 0 Å². The zero-order valence-electron chi connectivity index (χ0n) is 7.33. The first-order valence-electron chi connectivity index (χ1n) is 3.87. The van der Waals surface area contributed by atoms with Gasteiger partial charge in [-0.2, -0.15) is 0 Å². The van der Waals surface area contributed by atoms with Crippen molar-refractivity contribution >= 4 is 10.9 Å². The maximum Gasteiger partial charge on any atom is 0.326 e. The van der Waals surface area contributed by atoms with Gasteiger partial charge in [0.1, 0.15) is 5.52 Å². The molecule has 0 aliphatic carbocycles. The van der Waals surface area contributed by atoms with Crippen LogP contribution >= 0.6 is 0 Å². The van der Waals surface area contributed by atoms with Crippen LogP contribution in [0.25, 0.3) is 10.9 Å². The van der Waals surface area contributed by atoms with Gasteiger partial charge in [-0.15, -0.1) is 0 Å². The van der Waals surface area contributed by atoms with E-state index in [4.69, 9.17) is 4.74 Å². The van der Waals surface area contributed by atoms with Crippen LogP contribution in [0.5, 0.6) is 5.88 Å². The number of hydrogen-bond acceptors (Lipinski definition) is 4. The number of fused-ring (bicyclic) bond motifs is 1. The molecule has 0 saturated carbocycles. The van der Waals surface area contributed by atoms with Crippen LogP contribution in [0.4, 0.5) is 0 Å². The number of nitrogens with one attached hydrogen (secondary N) is 2. The lowest BCUT2D eigenvalue weighted by molar-refractivity contribution is 0.402. The van der Waals surface area contributed by atoms with Gasteiger partial charge in [0.15, 0.2) is 0 Å². The highest BCUT2D eigenvalue weighted by atomic mass is 16.5. The normalized spacial score (nSPS) is 10.4. The smallest absolute Gasteiger partial charge is 0.326 e. The molecule has 2 aromatic rings. The maximum absolute atomic E-state index is 11.3. The summed E-state index contributed by atoms with van der Waals surface area (Å²) in [7, 11) is 1.42. The van der Waals surface area contributed by atoms with Crippen LogP contribution in [-0.4, -0.2) is 22.1 Å². The van der Waals surface area contributed by atoms with Gasteiger partial charge in [-0.25, -0.2) is 9.78 Å². The van der Waals surface area contributed by atoms with Crippen molar-refractivity contribution in [2.75, 3.05) is 7.11 Å². The first-order valence-corrected chi connectivity index (χ1v) is 3.87. The molecule has 6 nitrogen and oxygen atoms in total. The second-order valence-electron chi connectivity index (χ2n) is 2.65. The fraction of sp³-hybridized carbons (Fsp3) is 0.125. The minimum Gasteiger partial charge on any atom is -0.479 e. The fourth-order valence-corrected chi connectivity index (χ4v) is 1.22. The Morgan fingerprint density at radius 1 is 1.36 bits per heavy atom. The van der Waals surface area contributed by atoms with Crippen LogP contribution < -0.4 is 16.0 Å². The molecule has 0 unspecified atom stereocenters. The van der Waals surface area contributed by atoms with Crippen LogP contribution in [0.15, 0.2) is 21.9 Å². The predicted molar refractivity (Wildman–Crippen MR) is 49.5 cm³/mol. The summed E-state index contributed by atoms with van der Waals surface area (Å²) in [5.41, 5.74) is -0.720. The molecule has 0 spiro atoms. The lowest BCUT2D eigenvalue weighted by Gasteiger charge is -2.01. The molecule has 0 amide bonds. The van der Waals surface area contributed by atoms with E-state index in [1.165, 1.54) is 19.4 Å². The van der Waals surface area contributed by atoms with E-state index in [1.807, 2.05) is 0 Å². The standard InChI is InChI=1S/C8H7N3O3/c1-14-7-5-4(2-3-9-7)6(12)11-8(13)10-5/h2-3H,1H3,(H2,10,11,12,13). The van der Waals surface area contributed by atoms with Crippen molar-refractivity contribution in [1.29, 1.82) is 0 Å². The molecule has 6 heteroatoms. The minimum atomic E-state index is -0.575. The summed E-state index contributed by atoms with van der Waals surface area (Å²) in [6.07, 6.45) is 1.44. The number of aromatic amines is 2. The van der Waals surface area contributed by atoms with E-state index in [0.29, 0.717) is 10.9 Å². The van der Waals surface area contributed by atoms with Crippen molar-refractivity contribution in [1.82, 2.24) is 15.0 Å². The molecule has 0 radical (unpaired) electrons. The van der Waals surface area contributed by atoms with Crippen molar-refractivity contribution in [3.05, 3.63) is 33.1 Å². The van der Waals surface area contributed by atoms with Crippen LogP contribution in [0.2, 0.25) is 0 Å². The molecule has 2 heterocycles. The highest BCUT2D eigenvalue weighted by Crippen LogP contribution is 2.14. The Bertz CT molecular complexity index is 584. The Morgan fingerprint density at radius 3 is 2.86 bits per heavy atom. The Hall–Kier alpha value is -2.11. The summed E-state index contributed by atoms with van der Waals surface area (Å²) < 4.78 is 4.90. The number of aromatic nitrogens is 3. The van der Waals surface area contributed by atoms with Gasteiger partial charge in [-0.3, -0.25) is 9.78 Å². The second kappa shape index (κ2) is 2.99. The van der Waals surface area contributed by atoms with Crippen molar-refractivity contribution in [2.24, 2.45) is 0 Å². The third kappa shape index (κ3) is 1.17. The number of nitrogens with zero attached hydrogens (tertiary/aromatic N) is 1. The molecule has 0 atom stereocenters. The van der Waals surface area contributed by atoms with Crippen molar-refractivity contribution < 1.29 is 4.74 Å². The molecule has 2 aromatic heterocycles. The summed E-state index contributed by atoms with van der Waals surface area (Å²) in [5.74, 6) is 0.228. The molecule has 0 aliphatic rings. The van der Waals surface area contributed by atoms with E-state index in [9.17, 15) is 9.59 Å². The average molecular weight is 193 g/mol. The van der Waals surface area contributed by atoms with Gasteiger partial charge >= 0.3 is 5.69 Å². The van der Waals surface area contributed by atoms with Crippen molar-refractivity contribution in [2.45, 2.75) is 0 Å². The maximum atomic E-state index is 11.3. The number of rotatable bonds is 1. The number of H-pyrrole nitrogens is 2. The molecule has 0 bridgehead atoms. The number of pyridine rings is 1. The van der Waals surface area contributed by atoms with Gasteiger partial charge < -0.3 is 9.72 Å². The molecular weight excluding hydrogens is 186 g/mol. The lowest BCUT2D eigenvalue weighted by atomic mass is 10.3. The summed E-state index contributed by atoms with van der Waals surface area (Å²) in [6, 6.07) is 1.51. The Morgan fingerprint density at radius 2 is 2.14 bits per heavy atom. The Kier molecular flexibility index (Phi) is 1.81. The van der Waals surface area contributed by atoms with Crippen LogP contribution in [0, 0.1) is 0 Å². The van der Waals surface area contributed by atoms with E-state index in [0.717, 1.165) is 0 Å². The zero-order valence-corrected chi connectivity index (χ0v) is 7.33. The largest absolute Gasteiger partial charge is 0.479 e. The quantitative estimate of drug-likeness (QED) is 0.646. The van der Waals surface area contributed by atoms with Gasteiger partial charge in [0.2, 0.25) is 5.88 Å². The predicted octanol–water partition coefficient (Wildman–Crippen LogP) is -0.380. The Labute approximate surface area is 77.6 Å². The average Bonchev–Trinajstić information content (AvgIpc) is 2.17. The van der Waals surface area contributed by atoms with Crippen molar-refractivity contribution in [3.63, 3.8) is 0 Å². The topological polar surface area (TPSA) is 87.8 Å². The van der Waals surface area contributed by atoms with E-state index in [2.05, 4.69) is 15.0 Å². The summed E-state index contributed by atoms with van der Waals surface area (Å²) in [6.45, 7) is 0. The number of hydrogen-bond donors (Lipinski definition) is 2. The third-order valence-electron chi connectivity index (χ3n) is 1.82. The number of methoxy groups -OCH3 is 1. The van der Waals surface area contributed by atoms with Crippen LogP contribution in [-0.2, 0) is 0 Å². The third-order valence-corrected chi connectivity index (χ3v) is 1.82. The molecular formula is C8H7N3O3. The fourth-order valence-electron chi connectivity index (χ4n) is 1.22. The van der Waals surface area contributed by atoms with E-state index in [-0.39, 0.29) is 5.88 Å². The molecule has 0 aliphatic heterocycles. The van der Waals surface area contributed by atoms with Gasteiger partial charge in [0, 0.05) is 6.20 Å². The molecule has 0 aromatic carbocycles. The minimum absolute atomic E-state index is 0.228. The SMILES string of the molecule is COc1nccc2c(=O)[nH]c(=O)[nH]c12. The Balaban J connectivity index is 3.01. The molecule has 2 rings (SSSR count). The molecule has 2 N–H and O–H groups in total. The highest BCUT2D eigenvalue weighted by molar-refractivity contribution is 5.81. The van der Waals surface area contributed by atoms with Crippen molar-refractivity contribution in [3.8, 4) is 5.88 Å². The monoisotopic (exact) mass is 193 g/mol. The second-order valence-corrected chi connectivity index (χ2v) is 2.65. The van der Waals surface area contributed by atoms with E-state index < -0.39 is 11.2 Å².